The van der Waals surface area contributed by atoms with Gasteiger partial charge in [0.25, 0.3) is 0 Å². The maximum atomic E-state index is 12.2. The van der Waals surface area contributed by atoms with Gasteiger partial charge in [0, 0.05) is 49.4 Å². The van der Waals surface area contributed by atoms with Crippen LogP contribution in [-0.4, -0.2) is 55.5 Å². The van der Waals surface area contributed by atoms with Gasteiger partial charge in [0.1, 0.15) is 5.75 Å². The number of hydrogen-bond donors (Lipinski definition) is 1. The zero-order chi connectivity index (χ0) is 16.8. The quantitative estimate of drug-likeness (QED) is 0.874. The topological polar surface area (TPSA) is 44.8 Å². The number of benzene rings is 1. The van der Waals surface area contributed by atoms with Crippen molar-refractivity contribution >= 4 is 22.9 Å². The van der Waals surface area contributed by atoms with Crippen molar-refractivity contribution in [3.63, 3.8) is 0 Å². The summed E-state index contributed by atoms with van der Waals surface area (Å²) in [6.07, 6.45) is 0. The Morgan fingerprint density at radius 3 is 2.67 bits per heavy atom. The van der Waals surface area contributed by atoms with Crippen molar-refractivity contribution < 1.29 is 9.53 Å². The number of thiophene rings is 1. The van der Waals surface area contributed by atoms with Crippen molar-refractivity contribution in [3.8, 4) is 5.75 Å². The summed E-state index contributed by atoms with van der Waals surface area (Å²) in [4.78, 5) is 18.3. The lowest BCUT2D eigenvalue weighted by molar-refractivity contribution is -0.117. The summed E-state index contributed by atoms with van der Waals surface area (Å²) in [6.45, 7) is 5.31. The highest BCUT2D eigenvalue weighted by Gasteiger charge is 2.19. The van der Waals surface area contributed by atoms with Crippen molar-refractivity contribution in [2.75, 3.05) is 45.2 Å². The lowest BCUT2D eigenvalue weighted by atomic mass is 10.2. The molecule has 1 aliphatic heterocycles. The van der Waals surface area contributed by atoms with E-state index in [-0.39, 0.29) is 5.91 Å². The molecule has 6 heteroatoms. The second-order valence-corrected chi connectivity index (χ2v) is 6.94. The van der Waals surface area contributed by atoms with Crippen LogP contribution >= 0.6 is 11.3 Å². The molecule has 2 heterocycles. The highest BCUT2D eigenvalue weighted by atomic mass is 32.1. The molecule has 0 atom stereocenters. The Bertz CT molecular complexity index is 652. The van der Waals surface area contributed by atoms with E-state index in [1.807, 2.05) is 24.3 Å². The lowest BCUT2D eigenvalue weighted by Crippen LogP contribution is -2.48. The summed E-state index contributed by atoms with van der Waals surface area (Å²) >= 11 is 1.80. The third-order valence-corrected chi connectivity index (χ3v) is 5.01. The SMILES string of the molecule is COc1cccc(NC(=O)CN2CCN(Cc3cccs3)CC2)c1. The summed E-state index contributed by atoms with van der Waals surface area (Å²) in [7, 11) is 1.62. The fourth-order valence-corrected chi connectivity index (χ4v) is 3.58. The summed E-state index contributed by atoms with van der Waals surface area (Å²) < 4.78 is 5.17. The molecule has 0 radical (unpaired) electrons. The van der Waals surface area contributed by atoms with E-state index in [0.717, 1.165) is 44.2 Å². The molecule has 1 saturated heterocycles. The first-order valence-electron chi connectivity index (χ1n) is 8.14. The van der Waals surface area contributed by atoms with Crippen LogP contribution in [0, 0.1) is 0 Å². The van der Waals surface area contributed by atoms with Crippen molar-refractivity contribution in [2.45, 2.75) is 6.54 Å². The van der Waals surface area contributed by atoms with Crippen LogP contribution in [0.15, 0.2) is 41.8 Å². The van der Waals surface area contributed by atoms with Gasteiger partial charge in [-0.3, -0.25) is 14.6 Å². The van der Waals surface area contributed by atoms with Crippen LogP contribution in [0.2, 0.25) is 0 Å². The van der Waals surface area contributed by atoms with Gasteiger partial charge in [-0.15, -0.1) is 11.3 Å². The molecule has 1 aliphatic rings. The van der Waals surface area contributed by atoms with E-state index in [4.69, 9.17) is 4.74 Å². The van der Waals surface area contributed by atoms with E-state index in [1.165, 1.54) is 4.88 Å². The van der Waals surface area contributed by atoms with Crippen LogP contribution in [0.5, 0.6) is 5.75 Å². The minimum absolute atomic E-state index is 0.0231. The summed E-state index contributed by atoms with van der Waals surface area (Å²) in [5.74, 6) is 0.768. The van der Waals surface area contributed by atoms with Gasteiger partial charge < -0.3 is 10.1 Å². The first kappa shape index (κ1) is 17.0. The molecular weight excluding hydrogens is 322 g/mol. The fourth-order valence-electron chi connectivity index (χ4n) is 2.83. The highest BCUT2D eigenvalue weighted by Crippen LogP contribution is 2.17. The molecule has 0 unspecified atom stereocenters. The molecule has 24 heavy (non-hydrogen) atoms. The number of nitrogens with one attached hydrogen (secondary N) is 1. The van der Waals surface area contributed by atoms with E-state index in [1.54, 1.807) is 18.4 Å². The minimum Gasteiger partial charge on any atom is -0.497 e. The van der Waals surface area contributed by atoms with E-state index >= 15 is 0 Å². The molecule has 1 N–H and O–H groups in total. The number of piperazine rings is 1. The van der Waals surface area contributed by atoms with Gasteiger partial charge in [0.15, 0.2) is 0 Å². The van der Waals surface area contributed by atoms with Gasteiger partial charge in [-0.05, 0) is 23.6 Å². The standard InChI is InChI=1S/C18H23N3O2S/c1-23-16-5-2-4-15(12-16)19-18(22)14-21-9-7-20(8-10-21)13-17-6-3-11-24-17/h2-6,11-12H,7-10,13-14H2,1H3,(H,19,22). The Morgan fingerprint density at radius 1 is 1.17 bits per heavy atom. The number of amides is 1. The molecule has 0 aliphatic carbocycles. The number of anilines is 1. The van der Waals surface area contributed by atoms with Crippen molar-refractivity contribution in [1.29, 1.82) is 0 Å². The molecule has 1 amide bonds. The molecule has 5 nitrogen and oxygen atoms in total. The van der Waals surface area contributed by atoms with Crippen molar-refractivity contribution in [3.05, 3.63) is 46.7 Å². The zero-order valence-electron chi connectivity index (χ0n) is 13.9. The van der Waals surface area contributed by atoms with Crippen LogP contribution in [0.3, 0.4) is 0 Å². The van der Waals surface area contributed by atoms with Gasteiger partial charge in [0.2, 0.25) is 5.91 Å². The van der Waals surface area contributed by atoms with E-state index in [0.29, 0.717) is 6.54 Å². The maximum Gasteiger partial charge on any atom is 0.238 e. The van der Waals surface area contributed by atoms with E-state index < -0.39 is 0 Å². The smallest absolute Gasteiger partial charge is 0.238 e. The third-order valence-electron chi connectivity index (χ3n) is 4.15. The number of methoxy groups -OCH3 is 1. The minimum atomic E-state index is 0.0231. The van der Waals surface area contributed by atoms with Crippen LogP contribution < -0.4 is 10.1 Å². The predicted octanol–water partition coefficient (Wildman–Crippen LogP) is 2.51. The Kier molecular flexibility index (Phi) is 5.85. The molecule has 0 spiro atoms. The molecule has 2 aromatic rings. The zero-order valence-corrected chi connectivity index (χ0v) is 14.7. The largest absolute Gasteiger partial charge is 0.497 e. The summed E-state index contributed by atoms with van der Waals surface area (Å²) in [6, 6.07) is 11.7. The van der Waals surface area contributed by atoms with Gasteiger partial charge in [-0.25, -0.2) is 0 Å². The predicted molar refractivity (Wildman–Crippen MR) is 97.7 cm³/mol. The van der Waals surface area contributed by atoms with Gasteiger partial charge in [0.05, 0.1) is 13.7 Å². The Balaban J connectivity index is 1.42. The molecule has 3 rings (SSSR count). The average Bonchev–Trinajstić information content (AvgIpc) is 3.10. The Morgan fingerprint density at radius 2 is 1.96 bits per heavy atom. The van der Waals surface area contributed by atoms with E-state index in [9.17, 15) is 4.79 Å². The van der Waals surface area contributed by atoms with E-state index in [2.05, 4.69) is 32.6 Å². The number of carbonyl (C=O) groups is 1. The molecule has 1 fully saturated rings. The Labute approximate surface area is 146 Å². The molecule has 1 aromatic heterocycles. The van der Waals surface area contributed by atoms with Crippen molar-refractivity contribution in [2.24, 2.45) is 0 Å². The normalized spacial score (nSPS) is 16.0. The number of hydrogen-bond acceptors (Lipinski definition) is 5. The van der Waals surface area contributed by atoms with Gasteiger partial charge in [-0.2, -0.15) is 0 Å². The molecule has 128 valence electrons. The van der Waals surface area contributed by atoms with Crippen LogP contribution in [-0.2, 0) is 11.3 Å². The number of nitrogens with zero attached hydrogens (tertiary/aromatic N) is 2. The second-order valence-electron chi connectivity index (χ2n) is 5.91. The summed E-state index contributed by atoms with van der Waals surface area (Å²) in [5, 5.41) is 5.06. The first-order valence-corrected chi connectivity index (χ1v) is 9.02. The average molecular weight is 345 g/mol. The molecule has 0 saturated carbocycles. The maximum absolute atomic E-state index is 12.2. The lowest BCUT2D eigenvalue weighted by Gasteiger charge is -2.34. The number of ether oxygens (including phenoxy) is 1. The van der Waals surface area contributed by atoms with Crippen LogP contribution in [0.25, 0.3) is 0 Å². The molecule has 0 bridgehead atoms. The van der Waals surface area contributed by atoms with Crippen LogP contribution in [0.1, 0.15) is 4.88 Å². The monoisotopic (exact) mass is 345 g/mol. The third kappa shape index (κ3) is 4.80. The first-order chi connectivity index (χ1) is 11.7. The molecule has 1 aromatic carbocycles. The van der Waals surface area contributed by atoms with Crippen molar-refractivity contribution in [1.82, 2.24) is 9.80 Å². The Hall–Kier alpha value is -1.89. The van der Waals surface area contributed by atoms with Crippen LogP contribution in [0.4, 0.5) is 5.69 Å². The van der Waals surface area contributed by atoms with Gasteiger partial charge >= 0.3 is 0 Å². The number of carbonyl (C=O) groups excluding carboxylic acids is 1. The van der Waals surface area contributed by atoms with Gasteiger partial charge in [-0.1, -0.05) is 12.1 Å². The number of rotatable bonds is 6. The second kappa shape index (κ2) is 8.28. The fraction of sp³-hybridized carbons (Fsp3) is 0.389. The summed E-state index contributed by atoms with van der Waals surface area (Å²) in [5.41, 5.74) is 0.774. The highest BCUT2D eigenvalue weighted by molar-refractivity contribution is 7.09. The molecular formula is C18H23N3O2S.